The number of allylic oxidation sites excluding steroid dienone is 1. The van der Waals surface area contributed by atoms with Gasteiger partial charge in [0, 0.05) is 25.2 Å². The Bertz CT molecular complexity index is 510. The Morgan fingerprint density at radius 1 is 0.731 bits per heavy atom. The minimum atomic E-state index is -1.23. The smallest absolute Gasteiger partial charge is 0.289 e. The molecule has 150 valence electrons. The molecule has 0 aromatic rings. The molecule has 0 aromatic heterocycles. The van der Waals surface area contributed by atoms with Crippen molar-refractivity contribution < 1.29 is 24.6 Å². The van der Waals surface area contributed by atoms with E-state index in [1.807, 2.05) is 41.5 Å². The summed E-state index contributed by atoms with van der Waals surface area (Å²) >= 11 is 0. The van der Waals surface area contributed by atoms with Gasteiger partial charge >= 0.3 is 0 Å². The summed E-state index contributed by atoms with van der Waals surface area (Å²) in [6.45, 7) is 11.7. The molecule has 0 fully saturated rings. The highest BCUT2D eigenvalue weighted by Crippen LogP contribution is 2.24. The maximum absolute atomic E-state index is 12.8. The lowest BCUT2D eigenvalue weighted by Crippen LogP contribution is -2.26. The third kappa shape index (κ3) is 9.73. The number of hydrogen-bond acceptors (Lipinski definition) is 5. The molecule has 26 heavy (non-hydrogen) atoms. The molecule has 0 aliphatic heterocycles. The van der Waals surface area contributed by atoms with Gasteiger partial charge in [0.1, 0.15) is 11.4 Å². The van der Waals surface area contributed by atoms with Gasteiger partial charge in [0.05, 0.1) is 0 Å². The van der Waals surface area contributed by atoms with Crippen molar-refractivity contribution in [1.29, 1.82) is 0 Å². The Hall–Kier alpha value is -1.65. The zero-order chi connectivity index (χ0) is 20.4. The number of Topliss-reactive ketones (excluding diaryl/α,β-unsaturated/α-hetero) is 3. The van der Waals surface area contributed by atoms with Crippen molar-refractivity contribution in [2.75, 3.05) is 0 Å². The number of rotatable bonds is 13. The van der Waals surface area contributed by atoms with Crippen LogP contribution in [0.1, 0.15) is 80.1 Å². The molecule has 0 spiro atoms. The van der Waals surface area contributed by atoms with Gasteiger partial charge in [-0.1, -0.05) is 48.0 Å². The highest BCUT2D eigenvalue weighted by Gasteiger charge is 2.31. The summed E-state index contributed by atoms with van der Waals surface area (Å²) in [5.74, 6) is -2.39. The Morgan fingerprint density at radius 2 is 1.27 bits per heavy atom. The van der Waals surface area contributed by atoms with Gasteiger partial charge in [-0.05, 0) is 30.6 Å². The van der Waals surface area contributed by atoms with Gasteiger partial charge in [-0.25, -0.2) is 0 Å². The predicted octanol–water partition coefficient (Wildman–Crippen LogP) is 4.95. The minimum absolute atomic E-state index is 0.00793. The Kier molecular flexibility index (Phi) is 11.1. The van der Waals surface area contributed by atoms with Gasteiger partial charge in [0.15, 0.2) is 11.6 Å². The van der Waals surface area contributed by atoms with Crippen molar-refractivity contribution in [1.82, 2.24) is 0 Å². The quantitative estimate of drug-likeness (QED) is 0.208. The number of aliphatic hydroxyl groups excluding tert-OH is 1. The molecular weight excluding hydrogens is 332 g/mol. The van der Waals surface area contributed by atoms with Crippen LogP contribution in [0.15, 0.2) is 11.5 Å². The van der Waals surface area contributed by atoms with E-state index in [9.17, 15) is 24.6 Å². The summed E-state index contributed by atoms with van der Waals surface area (Å²) in [4.78, 5) is 37.4. The minimum Gasteiger partial charge on any atom is -0.480 e. The van der Waals surface area contributed by atoms with E-state index in [0.29, 0.717) is 24.7 Å². The van der Waals surface area contributed by atoms with Crippen LogP contribution >= 0.6 is 0 Å². The molecule has 0 aromatic carbocycles. The average molecular weight is 369 g/mol. The van der Waals surface area contributed by atoms with Gasteiger partial charge in [-0.15, -0.1) is 0 Å². The van der Waals surface area contributed by atoms with E-state index >= 15 is 0 Å². The summed E-state index contributed by atoms with van der Waals surface area (Å²) in [6, 6.07) is 0. The van der Waals surface area contributed by atoms with Crippen LogP contribution in [-0.4, -0.2) is 27.6 Å². The normalized spacial score (nSPS) is 12.5. The van der Waals surface area contributed by atoms with Crippen LogP contribution in [0.3, 0.4) is 0 Å². The largest absolute Gasteiger partial charge is 0.480 e. The Balaban J connectivity index is 5.36. The van der Waals surface area contributed by atoms with E-state index in [1.54, 1.807) is 0 Å². The lowest BCUT2D eigenvalue weighted by atomic mass is 9.84. The molecule has 0 radical (unpaired) electrons. The van der Waals surface area contributed by atoms with E-state index in [-0.39, 0.29) is 24.5 Å². The third-order valence-corrected chi connectivity index (χ3v) is 4.28. The molecule has 0 saturated heterocycles. The van der Waals surface area contributed by atoms with E-state index < -0.39 is 29.0 Å². The van der Waals surface area contributed by atoms with Crippen LogP contribution in [0.25, 0.3) is 0 Å². The van der Waals surface area contributed by atoms with E-state index in [0.717, 1.165) is 12.8 Å². The van der Waals surface area contributed by atoms with Gasteiger partial charge in [-0.3, -0.25) is 14.4 Å². The second kappa shape index (κ2) is 11.9. The summed E-state index contributed by atoms with van der Waals surface area (Å²) < 4.78 is 0. The van der Waals surface area contributed by atoms with Crippen LogP contribution in [0, 0.1) is 23.7 Å². The van der Waals surface area contributed by atoms with Crippen LogP contribution in [0.2, 0.25) is 0 Å². The van der Waals surface area contributed by atoms with Crippen molar-refractivity contribution in [2.24, 2.45) is 23.7 Å². The van der Waals surface area contributed by atoms with Gasteiger partial charge in [-0.2, -0.15) is 0 Å². The Labute approximate surface area is 157 Å². The molecular formula is C21H36O5. The summed E-state index contributed by atoms with van der Waals surface area (Å²) in [5, 5.41) is 19.0. The Morgan fingerprint density at radius 3 is 1.69 bits per heavy atom. The second-order valence-corrected chi connectivity index (χ2v) is 8.43. The number of ketones is 3. The maximum Gasteiger partial charge on any atom is 0.289 e. The molecule has 0 saturated carbocycles. The molecule has 2 N–H and O–H groups in total. The van der Waals surface area contributed by atoms with Crippen molar-refractivity contribution in [3.05, 3.63) is 11.5 Å². The highest BCUT2D eigenvalue weighted by molar-refractivity contribution is 6.21. The summed E-state index contributed by atoms with van der Waals surface area (Å²) in [7, 11) is 0. The first-order valence-corrected chi connectivity index (χ1v) is 9.66. The summed E-state index contributed by atoms with van der Waals surface area (Å²) in [6.07, 6.45) is 2.44. The van der Waals surface area contributed by atoms with Crippen LogP contribution in [-0.2, 0) is 14.4 Å². The second-order valence-electron chi connectivity index (χ2n) is 8.43. The predicted molar refractivity (Wildman–Crippen MR) is 103 cm³/mol. The molecule has 0 bridgehead atoms. The van der Waals surface area contributed by atoms with Gasteiger partial charge in [0.25, 0.3) is 5.95 Å². The standard InChI is InChI=1S/C21H36O5/c1-13(2)7-9-16(12-17(22)10-8-14(3)4)20(24)19(21(25)26)18(23)11-15(5)6/h13-16,25-26H,7-12H2,1-6H3/t16-/m1/s1. The van der Waals surface area contributed by atoms with Crippen LogP contribution in [0.5, 0.6) is 0 Å². The van der Waals surface area contributed by atoms with Crippen molar-refractivity contribution in [3.63, 3.8) is 0 Å². The van der Waals surface area contributed by atoms with Crippen LogP contribution in [0.4, 0.5) is 0 Å². The molecule has 0 amide bonds. The SMILES string of the molecule is CC(C)CCC(=O)C[C@@H](CCC(C)C)C(=O)C(C(=O)CC(C)C)=C(O)O. The van der Waals surface area contributed by atoms with Gasteiger partial charge < -0.3 is 10.2 Å². The van der Waals surface area contributed by atoms with Crippen molar-refractivity contribution in [2.45, 2.75) is 80.1 Å². The lowest BCUT2D eigenvalue weighted by molar-refractivity contribution is -0.129. The van der Waals surface area contributed by atoms with Crippen molar-refractivity contribution >= 4 is 17.3 Å². The first kappa shape index (κ1) is 24.4. The van der Waals surface area contributed by atoms with E-state index in [4.69, 9.17) is 0 Å². The average Bonchev–Trinajstić information content (AvgIpc) is 2.47. The zero-order valence-electron chi connectivity index (χ0n) is 17.2. The highest BCUT2D eigenvalue weighted by atomic mass is 16.5. The topological polar surface area (TPSA) is 91.7 Å². The van der Waals surface area contributed by atoms with E-state index in [2.05, 4.69) is 0 Å². The molecule has 5 nitrogen and oxygen atoms in total. The number of carbonyl (C=O) groups excluding carboxylic acids is 3. The molecule has 1 atom stereocenters. The first-order valence-electron chi connectivity index (χ1n) is 9.66. The number of hydrogen-bond donors (Lipinski definition) is 2. The van der Waals surface area contributed by atoms with Gasteiger partial charge in [0.2, 0.25) is 0 Å². The molecule has 0 unspecified atom stereocenters. The van der Waals surface area contributed by atoms with Crippen LogP contribution < -0.4 is 0 Å². The monoisotopic (exact) mass is 368 g/mol. The zero-order valence-corrected chi connectivity index (χ0v) is 17.2. The van der Waals surface area contributed by atoms with Crippen molar-refractivity contribution in [3.8, 4) is 0 Å². The fraction of sp³-hybridized carbons (Fsp3) is 0.762. The lowest BCUT2D eigenvalue weighted by Gasteiger charge is -2.18. The molecule has 5 heteroatoms. The molecule has 0 aliphatic rings. The molecule has 0 rings (SSSR count). The molecule has 0 aliphatic carbocycles. The maximum atomic E-state index is 12.8. The van der Waals surface area contributed by atoms with E-state index in [1.165, 1.54) is 0 Å². The first-order chi connectivity index (χ1) is 12.0. The summed E-state index contributed by atoms with van der Waals surface area (Å²) in [5.41, 5.74) is -0.552. The third-order valence-electron chi connectivity index (χ3n) is 4.28. The fourth-order valence-corrected chi connectivity index (χ4v) is 2.74. The number of aliphatic hydroxyl groups is 2. The number of carbonyl (C=O) groups is 3. The fourth-order valence-electron chi connectivity index (χ4n) is 2.74. The molecule has 0 heterocycles.